The van der Waals surface area contributed by atoms with Crippen LogP contribution < -0.4 is 0 Å². The second kappa shape index (κ2) is 4.73. The lowest BCUT2D eigenvalue weighted by atomic mass is 9.97. The van der Waals surface area contributed by atoms with Crippen molar-refractivity contribution < 1.29 is 0 Å². The Kier molecular flexibility index (Phi) is 3.08. The van der Waals surface area contributed by atoms with Gasteiger partial charge in [0.25, 0.3) is 0 Å². The second-order valence-corrected chi connectivity index (χ2v) is 5.33. The Balaban J connectivity index is 1.92. The molecule has 1 fully saturated rings. The van der Waals surface area contributed by atoms with Gasteiger partial charge >= 0.3 is 0 Å². The van der Waals surface area contributed by atoms with Crippen LogP contribution in [0.2, 0.25) is 0 Å². The average molecular weight is 243 g/mol. The third-order valence-corrected chi connectivity index (χ3v) is 4.07. The maximum atomic E-state index is 4.82. The van der Waals surface area contributed by atoms with E-state index in [2.05, 4.69) is 41.9 Å². The number of benzene rings is 1. The Morgan fingerprint density at radius 3 is 3.11 bits per heavy atom. The van der Waals surface area contributed by atoms with Crippen LogP contribution in [0.3, 0.4) is 0 Å². The molecular formula is C15H21N3. The molecule has 3 nitrogen and oxygen atoms in total. The van der Waals surface area contributed by atoms with Gasteiger partial charge in [0.15, 0.2) is 0 Å². The summed E-state index contributed by atoms with van der Waals surface area (Å²) in [6.07, 6.45) is 2.55. The quantitative estimate of drug-likeness (QED) is 0.879. The van der Waals surface area contributed by atoms with E-state index >= 15 is 0 Å². The van der Waals surface area contributed by atoms with Crippen molar-refractivity contribution in [2.24, 2.45) is 0 Å². The lowest BCUT2D eigenvalue weighted by Gasteiger charge is -2.30. The van der Waals surface area contributed by atoms with Crippen LogP contribution in [0, 0.1) is 6.92 Å². The number of hydrogen-bond acceptors (Lipinski definition) is 2. The fraction of sp³-hybridized carbons (Fsp3) is 0.533. The van der Waals surface area contributed by atoms with Gasteiger partial charge < -0.3 is 9.88 Å². The minimum absolute atomic E-state index is 0.575. The van der Waals surface area contributed by atoms with E-state index in [1.807, 2.05) is 0 Å². The van der Waals surface area contributed by atoms with Crippen LogP contribution >= 0.6 is 0 Å². The number of rotatable bonds is 2. The Hall–Kier alpha value is -1.35. The van der Waals surface area contributed by atoms with Gasteiger partial charge in [-0.15, -0.1) is 0 Å². The Morgan fingerprint density at radius 2 is 2.33 bits per heavy atom. The summed E-state index contributed by atoms with van der Waals surface area (Å²) in [7, 11) is 0. The highest BCUT2D eigenvalue weighted by atomic mass is 15.1. The molecule has 1 aliphatic rings. The van der Waals surface area contributed by atoms with E-state index in [1.165, 1.54) is 36.3 Å². The van der Waals surface area contributed by atoms with Crippen LogP contribution in [0.1, 0.15) is 37.1 Å². The van der Waals surface area contributed by atoms with Crippen molar-refractivity contribution in [1.82, 2.24) is 14.9 Å². The lowest BCUT2D eigenvalue weighted by Crippen LogP contribution is -2.34. The molecule has 1 aliphatic heterocycles. The molecular weight excluding hydrogens is 222 g/mol. The van der Waals surface area contributed by atoms with Crippen LogP contribution in [-0.4, -0.2) is 34.5 Å². The Morgan fingerprint density at radius 1 is 1.44 bits per heavy atom. The molecule has 2 heterocycles. The molecule has 0 saturated carbocycles. The molecule has 1 saturated heterocycles. The van der Waals surface area contributed by atoms with Gasteiger partial charge in [-0.25, -0.2) is 4.98 Å². The smallest absolute Gasteiger partial charge is 0.111 e. The molecule has 1 N–H and O–H groups in total. The summed E-state index contributed by atoms with van der Waals surface area (Å²) in [4.78, 5) is 10.9. The van der Waals surface area contributed by atoms with E-state index in [0.29, 0.717) is 5.92 Å². The summed E-state index contributed by atoms with van der Waals surface area (Å²) in [5.74, 6) is 1.75. The van der Waals surface area contributed by atoms with Crippen molar-refractivity contribution in [3.05, 3.63) is 29.6 Å². The molecule has 0 bridgehead atoms. The highest BCUT2D eigenvalue weighted by Gasteiger charge is 2.22. The number of nitrogens with zero attached hydrogens (tertiary/aromatic N) is 2. The number of likely N-dealkylation sites (N-methyl/N-ethyl adjacent to an activating group) is 1. The molecule has 3 rings (SSSR count). The minimum Gasteiger partial charge on any atom is -0.342 e. The normalized spacial score (nSPS) is 21.6. The first-order valence-electron chi connectivity index (χ1n) is 6.95. The van der Waals surface area contributed by atoms with Gasteiger partial charge in [0.05, 0.1) is 11.0 Å². The summed E-state index contributed by atoms with van der Waals surface area (Å²) < 4.78 is 0. The summed E-state index contributed by atoms with van der Waals surface area (Å²) in [5.41, 5.74) is 3.58. The van der Waals surface area contributed by atoms with Crippen molar-refractivity contribution in [1.29, 1.82) is 0 Å². The zero-order chi connectivity index (χ0) is 12.5. The van der Waals surface area contributed by atoms with Crippen LogP contribution in [0.5, 0.6) is 0 Å². The molecule has 18 heavy (non-hydrogen) atoms. The van der Waals surface area contributed by atoms with E-state index in [1.54, 1.807) is 0 Å². The Labute approximate surface area is 108 Å². The molecule has 1 aromatic carbocycles. The van der Waals surface area contributed by atoms with Crippen molar-refractivity contribution in [2.75, 3.05) is 19.6 Å². The third kappa shape index (κ3) is 2.03. The number of likely N-dealkylation sites (tertiary alicyclic amines) is 1. The number of para-hydroxylation sites is 1. The largest absolute Gasteiger partial charge is 0.342 e. The first-order chi connectivity index (χ1) is 8.78. The molecule has 0 aliphatic carbocycles. The number of aryl methyl sites for hydroxylation is 1. The number of hydrogen-bond donors (Lipinski definition) is 1. The SMILES string of the molecule is CCN1CCCC(c2nc3c(C)cccc3[nH]2)C1. The maximum Gasteiger partial charge on any atom is 0.111 e. The number of fused-ring (bicyclic) bond motifs is 1. The van der Waals surface area contributed by atoms with Gasteiger partial charge in [-0.1, -0.05) is 19.1 Å². The average Bonchev–Trinajstić information content (AvgIpc) is 2.84. The highest BCUT2D eigenvalue weighted by molar-refractivity contribution is 5.78. The van der Waals surface area contributed by atoms with Crippen LogP contribution in [0.25, 0.3) is 11.0 Å². The lowest BCUT2D eigenvalue weighted by molar-refractivity contribution is 0.214. The molecule has 2 aromatic rings. The van der Waals surface area contributed by atoms with Crippen LogP contribution in [0.4, 0.5) is 0 Å². The number of nitrogens with one attached hydrogen (secondary N) is 1. The van der Waals surface area contributed by atoms with Gasteiger partial charge in [0.2, 0.25) is 0 Å². The van der Waals surface area contributed by atoms with Crippen molar-refractivity contribution in [3.63, 3.8) is 0 Å². The van der Waals surface area contributed by atoms with E-state index < -0.39 is 0 Å². The van der Waals surface area contributed by atoms with Gasteiger partial charge in [-0.2, -0.15) is 0 Å². The fourth-order valence-corrected chi connectivity index (χ4v) is 2.95. The molecule has 1 unspecified atom stereocenters. The molecule has 1 aromatic heterocycles. The summed E-state index contributed by atoms with van der Waals surface area (Å²) >= 11 is 0. The molecule has 96 valence electrons. The predicted octanol–water partition coefficient (Wildman–Crippen LogP) is 3.07. The molecule has 0 radical (unpaired) electrons. The molecule has 3 heteroatoms. The first kappa shape index (κ1) is 11.7. The van der Waals surface area contributed by atoms with Gasteiger partial charge in [-0.3, -0.25) is 0 Å². The monoisotopic (exact) mass is 243 g/mol. The summed E-state index contributed by atoms with van der Waals surface area (Å²) in [6, 6.07) is 6.35. The Bertz CT molecular complexity index is 544. The van der Waals surface area contributed by atoms with Crippen LogP contribution in [-0.2, 0) is 0 Å². The van der Waals surface area contributed by atoms with Crippen molar-refractivity contribution in [2.45, 2.75) is 32.6 Å². The van der Waals surface area contributed by atoms with Gasteiger partial charge in [0.1, 0.15) is 5.82 Å². The fourth-order valence-electron chi connectivity index (χ4n) is 2.95. The third-order valence-electron chi connectivity index (χ3n) is 4.07. The zero-order valence-electron chi connectivity index (χ0n) is 11.2. The zero-order valence-corrected chi connectivity index (χ0v) is 11.2. The topological polar surface area (TPSA) is 31.9 Å². The van der Waals surface area contributed by atoms with E-state index in [9.17, 15) is 0 Å². The van der Waals surface area contributed by atoms with Crippen molar-refractivity contribution in [3.8, 4) is 0 Å². The van der Waals surface area contributed by atoms with Gasteiger partial charge in [0, 0.05) is 12.5 Å². The van der Waals surface area contributed by atoms with Crippen molar-refractivity contribution >= 4 is 11.0 Å². The maximum absolute atomic E-state index is 4.82. The summed E-state index contributed by atoms with van der Waals surface area (Å²) in [5, 5.41) is 0. The predicted molar refractivity (Wildman–Crippen MR) is 74.9 cm³/mol. The van der Waals surface area contributed by atoms with Gasteiger partial charge in [-0.05, 0) is 44.5 Å². The van der Waals surface area contributed by atoms with E-state index in [4.69, 9.17) is 4.98 Å². The number of imidazole rings is 1. The number of aromatic amines is 1. The minimum atomic E-state index is 0.575. The second-order valence-electron chi connectivity index (χ2n) is 5.33. The number of piperidine rings is 1. The standard InChI is InChI=1S/C15H21N3/c1-3-18-9-5-7-12(10-18)15-16-13-8-4-6-11(2)14(13)17-15/h4,6,8,12H,3,5,7,9-10H2,1-2H3,(H,16,17). The molecule has 0 amide bonds. The van der Waals surface area contributed by atoms with E-state index in [0.717, 1.165) is 18.6 Å². The molecule has 1 atom stereocenters. The van der Waals surface area contributed by atoms with Crippen LogP contribution in [0.15, 0.2) is 18.2 Å². The van der Waals surface area contributed by atoms with E-state index in [-0.39, 0.29) is 0 Å². The number of H-pyrrole nitrogens is 1. The highest BCUT2D eigenvalue weighted by Crippen LogP contribution is 2.27. The summed E-state index contributed by atoms with van der Waals surface area (Å²) in [6.45, 7) is 7.91. The number of aromatic nitrogens is 2. The first-order valence-corrected chi connectivity index (χ1v) is 6.95. The molecule has 0 spiro atoms.